The fourth-order valence-corrected chi connectivity index (χ4v) is 1.92. The maximum atomic E-state index is 8.67. The summed E-state index contributed by atoms with van der Waals surface area (Å²) in [6.45, 7) is 0.703. The summed E-state index contributed by atoms with van der Waals surface area (Å²) in [7, 11) is 0. The van der Waals surface area contributed by atoms with Gasteiger partial charge in [-0.25, -0.2) is 5.01 Å². The summed E-state index contributed by atoms with van der Waals surface area (Å²) in [4.78, 5) is 0. The van der Waals surface area contributed by atoms with Crippen molar-refractivity contribution in [2.24, 2.45) is 5.84 Å². The largest absolute Gasteiger partial charge is 0.395 e. The minimum atomic E-state index is 0.136. The van der Waals surface area contributed by atoms with E-state index in [2.05, 4.69) is 0 Å². The molecule has 72 valence electrons. The van der Waals surface area contributed by atoms with Gasteiger partial charge < -0.3 is 5.11 Å². The van der Waals surface area contributed by atoms with Gasteiger partial charge in [-0.15, -0.1) is 11.6 Å². The molecule has 4 heteroatoms. The van der Waals surface area contributed by atoms with E-state index in [4.69, 9.17) is 22.6 Å². The van der Waals surface area contributed by atoms with Crippen molar-refractivity contribution in [2.45, 2.75) is 37.1 Å². The molecule has 3 N–H and O–H groups in total. The Kier molecular flexibility index (Phi) is 4.29. The van der Waals surface area contributed by atoms with E-state index in [0.717, 1.165) is 25.7 Å². The van der Waals surface area contributed by atoms with E-state index in [1.807, 2.05) is 0 Å². The Labute approximate surface area is 78.5 Å². The van der Waals surface area contributed by atoms with Gasteiger partial charge in [-0.1, -0.05) is 0 Å². The number of hydrogen-bond donors (Lipinski definition) is 2. The first-order valence-electron chi connectivity index (χ1n) is 4.50. The van der Waals surface area contributed by atoms with Crippen molar-refractivity contribution in [3.8, 4) is 0 Å². The normalized spacial score (nSPS) is 31.0. The predicted molar refractivity (Wildman–Crippen MR) is 49.9 cm³/mol. The summed E-state index contributed by atoms with van der Waals surface area (Å²) in [6, 6.07) is 0.423. The Morgan fingerprint density at radius 1 is 1.33 bits per heavy atom. The van der Waals surface area contributed by atoms with Crippen LogP contribution in [0.1, 0.15) is 25.7 Å². The van der Waals surface area contributed by atoms with E-state index in [9.17, 15) is 0 Å². The summed E-state index contributed by atoms with van der Waals surface area (Å²) in [5.74, 6) is 5.73. The zero-order valence-electron chi connectivity index (χ0n) is 7.25. The first-order chi connectivity index (χ1) is 5.74. The van der Waals surface area contributed by atoms with Gasteiger partial charge in [-0.05, 0) is 25.7 Å². The second-order valence-electron chi connectivity index (χ2n) is 3.37. The molecule has 12 heavy (non-hydrogen) atoms. The van der Waals surface area contributed by atoms with Crippen LogP contribution in [0.4, 0.5) is 0 Å². The minimum Gasteiger partial charge on any atom is -0.395 e. The highest BCUT2D eigenvalue weighted by atomic mass is 35.5. The Morgan fingerprint density at radius 3 is 2.42 bits per heavy atom. The lowest BCUT2D eigenvalue weighted by molar-refractivity contribution is 0.126. The van der Waals surface area contributed by atoms with Crippen molar-refractivity contribution in [1.29, 1.82) is 0 Å². The van der Waals surface area contributed by atoms with Crippen LogP contribution in [-0.2, 0) is 0 Å². The van der Waals surface area contributed by atoms with Crippen LogP contribution in [0.3, 0.4) is 0 Å². The fourth-order valence-electron chi connectivity index (χ4n) is 1.66. The van der Waals surface area contributed by atoms with E-state index < -0.39 is 0 Å². The van der Waals surface area contributed by atoms with E-state index in [1.54, 1.807) is 5.01 Å². The molecule has 1 fully saturated rings. The minimum absolute atomic E-state index is 0.136. The monoisotopic (exact) mass is 192 g/mol. The Bertz CT molecular complexity index is 126. The Morgan fingerprint density at radius 2 is 1.92 bits per heavy atom. The predicted octanol–water partition coefficient (Wildman–Crippen LogP) is 0.704. The Hall–Kier alpha value is 0.170. The molecule has 1 aliphatic carbocycles. The molecule has 0 aromatic heterocycles. The summed E-state index contributed by atoms with van der Waals surface area (Å²) < 4.78 is 0. The summed E-state index contributed by atoms with van der Waals surface area (Å²) in [5.41, 5.74) is 0. The van der Waals surface area contributed by atoms with Crippen molar-refractivity contribution >= 4 is 11.6 Å². The van der Waals surface area contributed by atoms with E-state index in [0.29, 0.717) is 18.0 Å². The van der Waals surface area contributed by atoms with Crippen LogP contribution < -0.4 is 5.84 Å². The molecule has 0 aromatic carbocycles. The quantitative estimate of drug-likeness (QED) is 0.393. The topological polar surface area (TPSA) is 49.5 Å². The summed E-state index contributed by atoms with van der Waals surface area (Å²) >= 11 is 5.95. The molecular weight excluding hydrogens is 176 g/mol. The zero-order chi connectivity index (χ0) is 8.97. The third-order valence-corrected chi connectivity index (χ3v) is 2.89. The average molecular weight is 193 g/mol. The summed E-state index contributed by atoms with van der Waals surface area (Å²) in [6.07, 6.45) is 4.21. The average Bonchev–Trinajstić information content (AvgIpc) is 2.06. The molecule has 0 radical (unpaired) electrons. The van der Waals surface area contributed by atoms with Crippen LogP contribution in [0, 0.1) is 0 Å². The number of hydrogen-bond acceptors (Lipinski definition) is 3. The lowest BCUT2D eigenvalue weighted by Gasteiger charge is -2.31. The third-order valence-electron chi connectivity index (χ3n) is 2.45. The molecule has 0 aliphatic heterocycles. The molecule has 0 bridgehead atoms. The van der Waals surface area contributed by atoms with Crippen molar-refractivity contribution in [1.82, 2.24) is 5.01 Å². The molecule has 0 aromatic rings. The Balaban J connectivity index is 2.24. The lowest BCUT2D eigenvalue weighted by Crippen LogP contribution is -2.44. The highest BCUT2D eigenvalue weighted by Crippen LogP contribution is 2.24. The first-order valence-corrected chi connectivity index (χ1v) is 4.94. The van der Waals surface area contributed by atoms with Crippen LogP contribution in [0.5, 0.6) is 0 Å². The second kappa shape index (κ2) is 5.02. The maximum Gasteiger partial charge on any atom is 0.0572 e. The molecule has 0 spiro atoms. The number of alkyl halides is 1. The van der Waals surface area contributed by atoms with Crippen LogP contribution in [0.15, 0.2) is 0 Å². The van der Waals surface area contributed by atoms with Crippen LogP contribution >= 0.6 is 11.6 Å². The number of aliphatic hydroxyl groups excluding tert-OH is 1. The van der Waals surface area contributed by atoms with Gasteiger partial charge in [0, 0.05) is 18.0 Å². The number of nitrogens with two attached hydrogens (primary N) is 1. The van der Waals surface area contributed by atoms with Gasteiger partial charge >= 0.3 is 0 Å². The SMILES string of the molecule is NN(CCO)C1CCC(Cl)CC1. The van der Waals surface area contributed by atoms with Crippen molar-refractivity contribution < 1.29 is 5.11 Å². The summed E-state index contributed by atoms with van der Waals surface area (Å²) in [5, 5.41) is 10.7. The molecule has 0 heterocycles. The maximum absolute atomic E-state index is 8.67. The number of halogens is 1. The highest BCUT2D eigenvalue weighted by molar-refractivity contribution is 6.20. The van der Waals surface area contributed by atoms with Crippen molar-refractivity contribution in [3.05, 3.63) is 0 Å². The van der Waals surface area contributed by atoms with Gasteiger partial charge in [0.05, 0.1) is 6.61 Å². The number of rotatable bonds is 3. The molecule has 0 amide bonds. The molecular formula is C8H17ClN2O. The van der Waals surface area contributed by atoms with Crippen LogP contribution in [0.25, 0.3) is 0 Å². The zero-order valence-corrected chi connectivity index (χ0v) is 8.00. The highest BCUT2D eigenvalue weighted by Gasteiger charge is 2.22. The van der Waals surface area contributed by atoms with E-state index in [-0.39, 0.29) is 6.61 Å². The first kappa shape index (κ1) is 10.3. The van der Waals surface area contributed by atoms with Gasteiger partial charge in [0.25, 0.3) is 0 Å². The molecule has 1 aliphatic rings. The van der Waals surface area contributed by atoms with Gasteiger partial charge in [0.1, 0.15) is 0 Å². The van der Waals surface area contributed by atoms with Crippen molar-refractivity contribution in [3.63, 3.8) is 0 Å². The van der Waals surface area contributed by atoms with Crippen molar-refractivity contribution in [2.75, 3.05) is 13.2 Å². The number of nitrogens with zero attached hydrogens (tertiary/aromatic N) is 1. The van der Waals surface area contributed by atoms with Gasteiger partial charge in [-0.3, -0.25) is 5.84 Å². The molecule has 0 atom stereocenters. The van der Waals surface area contributed by atoms with Crippen LogP contribution in [0.2, 0.25) is 0 Å². The van der Waals surface area contributed by atoms with Gasteiger partial charge in [0.2, 0.25) is 0 Å². The molecule has 1 rings (SSSR count). The fraction of sp³-hybridized carbons (Fsp3) is 1.00. The number of hydrazine groups is 1. The standard InChI is InChI=1S/C8H17ClN2O/c9-7-1-3-8(4-2-7)11(10)5-6-12/h7-8,12H,1-6,10H2. The van der Waals surface area contributed by atoms with Gasteiger partial charge in [0.15, 0.2) is 0 Å². The second-order valence-corrected chi connectivity index (χ2v) is 3.98. The van der Waals surface area contributed by atoms with Crippen LogP contribution in [-0.4, -0.2) is 34.7 Å². The van der Waals surface area contributed by atoms with Gasteiger partial charge in [-0.2, -0.15) is 0 Å². The molecule has 0 unspecified atom stereocenters. The smallest absolute Gasteiger partial charge is 0.0572 e. The lowest BCUT2D eigenvalue weighted by atomic mass is 9.95. The van der Waals surface area contributed by atoms with E-state index in [1.165, 1.54) is 0 Å². The molecule has 3 nitrogen and oxygen atoms in total. The third kappa shape index (κ3) is 2.90. The molecule has 1 saturated carbocycles. The van der Waals surface area contributed by atoms with E-state index >= 15 is 0 Å². The number of aliphatic hydroxyl groups is 1. The molecule has 0 saturated heterocycles.